The number of H-pyrrole nitrogens is 1. The van der Waals surface area contributed by atoms with E-state index in [0.717, 1.165) is 35.3 Å². The second-order valence-electron chi connectivity index (χ2n) is 6.05. The molecule has 1 N–H and O–H groups in total. The van der Waals surface area contributed by atoms with Gasteiger partial charge in [-0.05, 0) is 49.2 Å². The number of nitrogens with zero attached hydrogens (tertiary/aromatic N) is 1. The summed E-state index contributed by atoms with van der Waals surface area (Å²) < 4.78 is 10.8. The molecule has 0 saturated carbocycles. The van der Waals surface area contributed by atoms with E-state index in [2.05, 4.69) is 16.0 Å². The van der Waals surface area contributed by atoms with Crippen molar-refractivity contribution in [1.82, 2.24) is 9.97 Å². The van der Waals surface area contributed by atoms with Gasteiger partial charge in [0.25, 0.3) is 0 Å². The molecule has 0 saturated heterocycles. The summed E-state index contributed by atoms with van der Waals surface area (Å²) in [6.45, 7) is 4.09. The Balaban J connectivity index is 1.88. The van der Waals surface area contributed by atoms with E-state index in [1.54, 1.807) is 13.2 Å². The van der Waals surface area contributed by atoms with Crippen molar-refractivity contribution in [2.45, 2.75) is 33.1 Å². The monoisotopic (exact) mass is 338 g/mol. The van der Waals surface area contributed by atoms with Gasteiger partial charge in [-0.2, -0.15) is 0 Å². The standard InChI is InChI=1S/C20H22N2O3/c1-4-5-6-19(23)25-17-10-8-14(12-18(17)24-3)20-21-15-9-7-13(2)11-16(15)22-20/h7-12H,4-6H2,1-3H3,(H,21,22). The van der Waals surface area contributed by atoms with Crippen molar-refractivity contribution < 1.29 is 14.3 Å². The largest absolute Gasteiger partial charge is 0.493 e. The molecule has 0 amide bonds. The molecule has 0 fully saturated rings. The Morgan fingerprint density at radius 3 is 2.76 bits per heavy atom. The predicted octanol–water partition coefficient (Wildman–Crippen LogP) is 4.64. The summed E-state index contributed by atoms with van der Waals surface area (Å²) in [5, 5.41) is 0. The van der Waals surface area contributed by atoms with Gasteiger partial charge in [0.15, 0.2) is 11.5 Å². The van der Waals surface area contributed by atoms with E-state index in [-0.39, 0.29) is 5.97 Å². The number of rotatable bonds is 6. The third kappa shape index (κ3) is 3.82. The van der Waals surface area contributed by atoms with Crippen molar-refractivity contribution in [1.29, 1.82) is 0 Å². The first kappa shape index (κ1) is 17.0. The summed E-state index contributed by atoms with van der Waals surface area (Å²) in [5.41, 5.74) is 3.95. The highest BCUT2D eigenvalue weighted by Gasteiger charge is 2.13. The third-order valence-electron chi connectivity index (χ3n) is 4.03. The van der Waals surface area contributed by atoms with Gasteiger partial charge in [-0.1, -0.05) is 19.4 Å². The number of hydrogen-bond donors (Lipinski definition) is 1. The minimum Gasteiger partial charge on any atom is -0.493 e. The number of aromatic nitrogens is 2. The number of unbranched alkanes of at least 4 members (excludes halogenated alkanes) is 1. The number of aryl methyl sites for hydroxylation is 1. The lowest BCUT2D eigenvalue weighted by molar-refractivity contribution is -0.134. The van der Waals surface area contributed by atoms with Gasteiger partial charge in [0.1, 0.15) is 5.82 Å². The van der Waals surface area contributed by atoms with E-state index in [1.807, 2.05) is 38.1 Å². The van der Waals surface area contributed by atoms with Crippen molar-refractivity contribution in [3.8, 4) is 22.9 Å². The fourth-order valence-corrected chi connectivity index (χ4v) is 2.65. The number of imidazole rings is 1. The molecule has 0 aliphatic rings. The average molecular weight is 338 g/mol. The third-order valence-corrected chi connectivity index (χ3v) is 4.03. The number of ether oxygens (including phenoxy) is 2. The van der Waals surface area contributed by atoms with E-state index in [1.165, 1.54) is 5.56 Å². The lowest BCUT2D eigenvalue weighted by atomic mass is 10.2. The molecule has 1 heterocycles. The van der Waals surface area contributed by atoms with Gasteiger partial charge in [-0.15, -0.1) is 0 Å². The van der Waals surface area contributed by atoms with Crippen LogP contribution in [0.3, 0.4) is 0 Å². The SMILES string of the molecule is CCCCC(=O)Oc1ccc(-c2nc3ccc(C)cc3[nH]2)cc1OC. The second-order valence-corrected chi connectivity index (χ2v) is 6.05. The molecule has 25 heavy (non-hydrogen) atoms. The molecule has 2 aromatic carbocycles. The lowest BCUT2D eigenvalue weighted by Gasteiger charge is -2.10. The molecular weight excluding hydrogens is 316 g/mol. The molecule has 130 valence electrons. The summed E-state index contributed by atoms with van der Waals surface area (Å²) in [6, 6.07) is 11.5. The summed E-state index contributed by atoms with van der Waals surface area (Å²) in [7, 11) is 1.56. The Bertz CT molecular complexity index is 899. The Hall–Kier alpha value is -2.82. The van der Waals surface area contributed by atoms with E-state index >= 15 is 0 Å². The van der Waals surface area contributed by atoms with Crippen molar-refractivity contribution in [2.24, 2.45) is 0 Å². The molecule has 0 aliphatic heterocycles. The molecule has 3 aromatic rings. The van der Waals surface area contributed by atoms with E-state index in [9.17, 15) is 4.79 Å². The van der Waals surface area contributed by atoms with Crippen LogP contribution < -0.4 is 9.47 Å². The maximum Gasteiger partial charge on any atom is 0.311 e. The topological polar surface area (TPSA) is 64.2 Å². The van der Waals surface area contributed by atoms with Crippen molar-refractivity contribution in [3.63, 3.8) is 0 Å². The smallest absolute Gasteiger partial charge is 0.311 e. The van der Waals surface area contributed by atoms with Crippen LogP contribution in [0.5, 0.6) is 11.5 Å². The highest BCUT2D eigenvalue weighted by atomic mass is 16.6. The fraction of sp³-hybridized carbons (Fsp3) is 0.300. The number of carbonyl (C=O) groups excluding carboxylic acids is 1. The summed E-state index contributed by atoms with van der Waals surface area (Å²) in [4.78, 5) is 19.8. The maximum absolute atomic E-state index is 11.8. The minimum absolute atomic E-state index is 0.243. The Morgan fingerprint density at radius 1 is 1.16 bits per heavy atom. The van der Waals surface area contributed by atoms with Crippen LogP contribution >= 0.6 is 0 Å². The van der Waals surface area contributed by atoms with Crippen LogP contribution in [0.2, 0.25) is 0 Å². The van der Waals surface area contributed by atoms with Gasteiger partial charge in [0.05, 0.1) is 18.1 Å². The molecule has 0 spiro atoms. The second kappa shape index (κ2) is 7.38. The fourth-order valence-electron chi connectivity index (χ4n) is 2.65. The van der Waals surface area contributed by atoms with Crippen LogP contribution in [0.1, 0.15) is 31.7 Å². The van der Waals surface area contributed by atoms with Crippen LogP contribution in [0, 0.1) is 6.92 Å². The first-order chi connectivity index (χ1) is 12.1. The van der Waals surface area contributed by atoms with E-state index in [0.29, 0.717) is 17.9 Å². The highest BCUT2D eigenvalue weighted by Crippen LogP contribution is 2.32. The molecule has 0 aliphatic carbocycles. The molecule has 0 atom stereocenters. The zero-order valence-corrected chi connectivity index (χ0v) is 14.8. The van der Waals surface area contributed by atoms with Crippen LogP contribution in [-0.2, 0) is 4.79 Å². The number of methoxy groups -OCH3 is 1. The van der Waals surface area contributed by atoms with E-state index in [4.69, 9.17) is 9.47 Å². The zero-order valence-electron chi connectivity index (χ0n) is 14.8. The first-order valence-electron chi connectivity index (χ1n) is 8.46. The maximum atomic E-state index is 11.8. The Kier molecular flexibility index (Phi) is 5.03. The molecule has 1 aromatic heterocycles. The Morgan fingerprint density at radius 2 is 2.00 bits per heavy atom. The first-order valence-corrected chi connectivity index (χ1v) is 8.46. The number of carbonyl (C=O) groups is 1. The van der Waals surface area contributed by atoms with Crippen molar-refractivity contribution in [3.05, 3.63) is 42.0 Å². The lowest BCUT2D eigenvalue weighted by Crippen LogP contribution is -2.08. The quantitative estimate of drug-likeness (QED) is 0.525. The summed E-state index contributed by atoms with van der Waals surface area (Å²) in [5.74, 6) is 1.45. The normalized spacial score (nSPS) is 10.8. The van der Waals surface area contributed by atoms with Crippen LogP contribution in [-0.4, -0.2) is 23.0 Å². The minimum atomic E-state index is -0.243. The summed E-state index contributed by atoms with van der Waals surface area (Å²) in [6.07, 6.45) is 2.18. The van der Waals surface area contributed by atoms with Gasteiger partial charge in [-0.3, -0.25) is 4.79 Å². The highest BCUT2D eigenvalue weighted by molar-refractivity contribution is 5.80. The zero-order chi connectivity index (χ0) is 17.8. The van der Waals surface area contributed by atoms with Gasteiger partial charge < -0.3 is 14.5 Å². The molecule has 0 bridgehead atoms. The van der Waals surface area contributed by atoms with Crippen LogP contribution in [0.15, 0.2) is 36.4 Å². The molecule has 0 unspecified atom stereocenters. The number of nitrogens with one attached hydrogen (secondary N) is 1. The molecule has 5 nitrogen and oxygen atoms in total. The van der Waals surface area contributed by atoms with Gasteiger partial charge in [0.2, 0.25) is 0 Å². The van der Waals surface area contributed by atoms with Crippen LogP contribution in [0.4, 0.5) is 0 Å². The molecule has 0 radical (unpaired) electrons. The number of fused-ring (bicyclic) bond motifs is 1. The molecular formula is C20H22N2O3. The summed E-state index contributed by atoms with van der Waals surface area (Å²) >= 11 is 0. The van der Waals surface area contributed by atoms with Crippen molar-refractivity contribution in [2.75, 3.05) is 7.11 Å². The van der Waals surface area contributed by atoms with Gasteiger partial charge in [0, 0.05) is 12.0 Å². The number of esters is 1. The molecule has 3 rings (SSSR count). The van der Waals surface area contributed by atoms with Gasteiger partial charge in [-0.25, -0.2) is 4.98 Å². The number of benzene rings is 2. The average Bonchev–Trinajstić information content (AvgIpc) is 3.03. The van der Waals surface area contributed by atoms with E-state index < -0.39 is 0 Å². The predicted molar refractivity (Wildman–Crippen MR) is 98.0 cm³/mol. The Labute approximate surface area is 147 Å². The molecule has 5 heteroatoms. The van der Waals surface area contributed by atoms with Crippen molar-refractivity contribution >= 4 is 17.0 Å². The number of hydrogen-bond acceptors (Lipinski definition) is 4. The van der Waals surface area contributed by atoms with Crippen LogP contribution in [0.25, 0.3) is 22.4 Å². The van der Waals surface area contributed by atoms with Gasteiger partial charge >= 0.3 is 5.97 Å². The number of aromatic amines is 1.